The lowest BCUT2D eigenvalue weighted by atomic mass is 10.2. The summed E-state index contributed by atoms with van der Waals surface area (Å²) >= 11 is 0. The van der Waals surface area contributed by atoms with E-state index in [2.05, 4.69) is 52.3 Å². The van der Waals surface area contributed by atoms with Crippen LogP contribution in [0.15, 0.2) is 36.4 Å². The SMILES string of the molecule is C(=C\c1ccccc1)/CN1CC[C@@H](N2CCCC2)C1. The normalized spacial score (nSPS) is 25.6. The number of hydrogen-bond donors (Lipinski definition) is 0. The first-order valence-electron chi connectivity index (χ1n) is 7.60. The van der Waals surface area contributed by atoms with Gasteiger partial charge in [-0.15, -0.1) is 0 Å². The van der Waals surface area contributed by atoms with E-state index in [-0.39, 0.29) is 0 Å². The summed E-state index contributed by atoms with van der Waals surface area (Å²) < 4.78 is 0. The van der Waals surface area contributed by atoms with Crippen molar-refractivity contribution in [3.05, 3.63) is 42.0 Å². The Labute approximate surface area is 116 Å². The van der Waals surface area contributed by atoms with Crippen LogP contribution in [-0.4, -0.2) is 48.6 Å². The van der Waals surface area contributed by atoms with Gasteiger partial charge in [0.25, 0.3) is 0 Å². The van der Waals surface area contributed by atoms with Gasteiger partial charge in [-0.1, -0.05) is 42.5 Å². The van der Waals surface area contributed by atoms with E-state index in [1.807, 2.05) is 0 Å². The van der Waals surface area contributed by atoms with Crippen LogP contribution in [-0.2, 0) is 0 Å². The molecule has 2 fully saturated rings. The number of likely N-dealkylation sites (tertiary alicyclic amines) is 2. The van der Waals surface area contributed by atoms with Gasteiger partial charge in [0, 0.05) is 25.7 Å². The standard InChI is InChI=1S/C17H24N2/c1-2-7-16(8-3-1)9-6-11-18-14-10-17(15-18)19-12-4-5-13-19/h1-3,6-9,17H,4-5,10-15H2/b9-6+/t17-/m1/s1. The smallest absolute Gasteiger partial charge is 0.0235 e. The minimum atomic E-state index is 0.827. The van der Waals surface area contributed by atoms with Crippen LogP contribution in [0.5, 0.6) is 0 Å². The number of nitrogens with zero attached hydrogens (tertiary/aromatic N) is 2. The summed E-state index contributed by atoms with van der Waals surface area (Å²) in [6, 6.07) is 11.4. The fraction of sp³-hybridized carbons (Fsp3) is 0.529. The molecule has 2 nitrogen and oxygen atoms in total. The molecule has 0 bridgehead atoms. The summed E-state index contributed by atoms with van der Waals surface area (Å²) in [4.78, 5) is 5.28. The van der Waals surface area contributed by atoms with Gasteiger partial charge < -0.3 is 0 Å². The summed E-state index contributed by atoms with van der Waals surface area (Å²) in [5.41, 5.74) is 1.30. The minimum Gasteiger partial charge on any atom is -0.299 e. The Morgan fingerprint density at radius 1 is 1.05 bits per heavy atom. The van der Waals surface area contributed by atoms with E-state index in [1.54, 1.807) is 0 Å². The quantitative estimate of drug-likeness (QED) is 0.817. The molecule has 2 heteroatoms. The monoisotopic (exact) mass is 256 g/mol. The average molecular weight is 256 g/mol. The Balaban J connectivity index is 1.45. The van der Waals surface area contributed by atoms with Crippen molar-refractivity contribution < 1.29 is 0 Å². The fourth-order valence-corrected chi connectivity index (χ4v) is 3.28. The van der Waals surface area contributed by atoms with E-state index in [4.69, 9.17) is 0 Å². The first-order chi connectivity index (χ1) is 9.42. The van der Waals surface area contributed by atoms with Crippen molar-refractivity contribution in [2.24, 2.45) is 0 Å². The molecule has 1 aromatic carbocycles. The van der Waals surface area contributed by atoms with Gasteiger partial charge in [0.1, 0.15) is 0 Å². The van der Waals surface area contributed by atoms with Crippen molar-refractivity contribution in [3.8, 4) is 0 Å². The molecule has 0 saturated carbocycles. The third kappa shape index (κ3) is 3.46. The molecule has 0 aliphatic carbocycles. The van der Waals surface area contributed by atoms with Gasteiger partial charge in [-0.2, -0.15) is 0 Å². The molecule has 0 N–H and O–H groups in total. The maximum atomic E-state index is 2.70. The van der Waals surface area contributed by atoms with E-state index < -0.39 is 0 Å². The molecular formula is C17H24N2. The van der Waals surface area contributed by atoms with Crippen molar-refractivity contribution in [2.45, 2.75) is 25.3 Å². The van der Waals surface area contributed by atoms with E-state index >= 15 is 0 Å². The molecule has 19 heavy (non-hydrogen) atoms. The van der Waals surface area contributed by atoms with Gasteiger partial charge in [-0.25, -0.2) is 0 Å². The van der Waals surface area contributed by atoms with Crippen molar-refractivity contribution in [3.63, 3.8) is 0 Å². The van der Waals surface area contributed by atoms with Crippen LogP contribution in [0.1, 0.15) is 24.8 Å². The highest BCUT2D eigenvalue weighted by molar-refractivity contribution is 5.48. The molecule has 3 rings (SSSR count). The second kappa shape index (κ2) is 6.36. The molecule has 2 aliphatic rings. The highest BCUT2D eigenvalue weighted by Crippen LogP contribution is 2.20. The lowest BCUT2D eigenvalue weighted by molar-refractivity contribution is 0.238. The minimum absolute atomic E-state index is 0.827. The van der Waals surface area contributed by atoms with Crippen LogP contribution in [0.2, 0.25) is 0 Å². The van der Waals surface area contributed by atoms with Crippen LogP contribution < -0.4 is 0 Å². The molecule has 0 unspecified atom stereocenters. The third-order valence-corrected chi connectivity index (χ3v) is 4.38. The molecule has 0 aromatic heterocycles. The van der Waals surface area contributed by atoms with Gasteiger partial charge in [-0.05, 0) is 37.9 Å². The van der Waals surface area contributed by atoms with Crippen LogP contribution in [0.4, 0.5) is 0 Å². The Hall–Kier alpha value is -1.12. The first kappa shape index (κ1) is 12.9. The summed E-state index contributed by atoms with van der Waals surface area (Å²) in [7, 11) is 0. The van der Waals surface area contributed by atoms with Crippen LogP contribution in [0.3, 0.4) is 0 Å². The molecule has 2 heterocycles. The van der Waals surface area contributed by atoms with E-state index in [0.717, 1.165) is 12.6 Å². The first-order valence-corrected chi connectivity index (χ1v) is 7.60. The summed E-state index contributed by atoms with van der Waals surface area (Å²) in [6.07, 6.45) is 8.72. The predicted molar refractivity (Wildman–Crippen MR) is 81.1 cm³/mol. The van der Waals surface area contributed by atoms with Crippen molar-refractivity contribution in [2.75, 3.05) is 32.7 Å². The Morgan fingerprint density at radius 2 is 1.84 bits per heavy atom. The zero-order chi connectivity index (χ0) is 12.9. The summed E-state index contributed by atoms with van der Waals surface area (Å²) in [5, 5.41) is 0. The zero-order valence-corrected chi connectivity index (χ0v) is 11.7. The maximum Gasteiger partial charge on any atom is 0.0235 e. The highest BCUT2D eigenvalue weighted by atomic mass is 15.3. The highest BCUT2D eigenvalue weighted by Gasteiger charge is 2.28. The van der Waals surface area contributed by atoms with Gasteiger partial charge in [-0.3, -0.25) is 9.80 Å². The van der Waals surface area contributed by atoms with E-state index in [1.165, 1.54) is 51.0 Å². The molecule has 1 atom stereocenters. The lowest BCUT2D eigenvalue weighted by Gasteiger charge is -2.23. The Morgan fingerprint density at radius 3 is 2.63 bits per heavy atom. The molecule has 0 spiro atoms. The van der Waals surface area contributed by atoms with Crippen LogP contribution in [0, 0.1) is 0 Å². The fourth-order valence-electron chi connectivity index (χ4n) is 3.28. The number of benzene rings is 1. The van der Waals surface area contributed by atoms with Gasteiger partial charge in [0.05, 0.1) is 0 Å². The molecule has 2 aliphatic heterocycles. The third-order valence-electron chi connectivity index (χ3n) is 4.38. The molecule has 1 aromatic rings. The van der Waals surface area contributed by atoms with Gasteiger partial charge in [0.2, 0.25) is 0 Å². The Kier molecular flexibility index (Phi) is 4.31. The summed E-state index contributed by atoms with van der Waals surface area (Å²) in [5.74, 6) is 0. The van der Waals surface area contributed by atoms with Crippen LogP contribution in [0.25, 0.3) is 6.08 Å². The van der Waals surface area contributed by atoms with E-state index in [9.17, 15) is 0 Å². The lowest BCUT2D eigenvalue weighted by Crippen LogP contribution is -2.35. The molecule has 0 amide bonds. The maximum absolute atomic E-state index is 2.70. The second-order valence-corrected chi connectivity index (χ2v) is 5.76. The topological polar surface area (TPSA) is 6.48 Å². The second-order valence-electron chi connectivity index (χ2n) is 5.76. The Bertz CT molecular complexity index is 407. The number of hydrogen-bond acceptors (Lipinski definition) is 2. The number of rotatable bonds is 4. The molecular weight excluding hydrogens is 232 g/mol. The van der Waals surface area contributed by atoms with Gasteiger partial charge >= 0.3 is 0 Å². The summed E-state index contributed by atoms with van der Waals surface area (Å²) in [6.45, 7) is 6.29. The molecule has 0 radical (unpaired) electrons. The van der Waals surface area contributed by atoms with Crippen molar-refractivity contribution >= 4 is 6.08 Å². The van der Waals surface area contributed by atoms with Crippen LogP contribution >= 0.6 is 0 Å². The molecule has 2 saturated heterocycles. The van der Waals surface area contributed by atoms with E-state index in [0.29, 0.717) is 0 Å². The van der Waals surface area contributed by atoms with Crippen molar-refractivity contribution in [1.82, 2.24) is 9.80 Å². The zero-order valence-electron chi connectivity index (χ0n) is 11.7. The molecule has 102 valence electrons. The largest absolute Gasteiger partial charge is 0.299 e. The average Bonchev–Trinajstić information content (AvgIpc) is 3.10. The predicted octanol–water partition coefficient (Wildman–Crippen LogP) is 2.87. The van der Waals surface area contributed by atoms with Crippen molar-refractivity contribution in [1.29, 1.82) is 0 Å². The van der Waals surface area contributed by atoms with Gasteiger partial charge in [0.15, 0.2) is 0 Å².